The van der Waals surface area contributed by atoms with Crippen LogP contribution in [-0.4, -0.2) is 5.91 Å². The molecule has 18 heavy (non-hydrogen) atoms. The van der Waals surface area contributed by atoms with E-state index in [-0.39, 0.29) is 5.56 Å². The first-order valence-electron chi connectivity index (χ1n) is 5.04. The van der Waals surface area contributed by atoms with Gasteiger partial charge in [0.25, 0.3) is 5.91 Å². The quantitative estimate of drug-likeness (QED) is 0.893. The second-order valence-corrected chi connectivity index (χ2v) is 4.45. The third kappa shape index (κ3) is 2.33. The van der Waals surface area contributed by atoms with Gasteiger partial charge in [-0.15, -0.1) is 0 Å². The zero-order valence-corrected chi connectivity index (χ0v) is 10.6. The number of benzene rings is 2. The fourth-order valence-corrected chi connectivity index (χ4v) is 2.02. The summed E-state index contributed by atoms with van der Waals surface area (Å²) in [7, 11) is 0. The van der Waals surface area contributed by atoms with Crippen LogP contribution in [0.25, 0.3) is 11.1 Å². The van der Waals surface area contributed by atoms with Gasteiger partial charge in [0, 0.05) is 5.56 Å². The molecule has 0 aliphatic carbocycles. The van der Waals surface area contributed by atoms with Gasteiger partial charge in [-0.25, -0.2) is 4.39 Å². The highest BCUT2D eigenvalue weighted by Gasteiger charge is 2.12. The van der Waals surface area contributed by atoms with Gasteiger partial charge in [-0.1, -0.05) is 41.4 Å². The zero-order chi connectivity index (χ0) is 13.3. The minimum atomic E-state index is -0.826. The molecule has 0 aliphatic rings. The maximum Gasteiger partial charge on any atom is 0.251 e. The van der Waals surface area contributed by atoms with Crippen molar-refractivity contribution in [1.82, 2.24) is 0 Å². The fraction of sp³-hybridized carbons (Fsp3) is 0. The summed E-state index contributed by atoms with van der Waals surface area (Å²) in [6, 6.07) is 9.14. The largest absolute Gasteiger partial charge is 0.366 e. The highest BCUT2D eigenvalue weighted by atomic mass is 35.5. The van der Waals surface area contributed by atoms with Gasteiger partial charge in [0.05, 0.1) is 15.6 Å². The van der Waals surface area contributed by atoms with E-state index in [1.807, 2.05) is 0 Å². The third-order valence-electron chi connectivity index (χ3n) is 2.49. The van der Waals surface area contributed by atoms with E-state index in [0.29, 0.717) is 21.2 Å². The van der Waals surface area contributed by atoms with E-state index in [9.17, 15) is 9.18 Å². The Labute approximate surface area is 113 Å². The molecule has 2 aromatic carbocycles. The molecule has 0 bridgehead atoms. The van der Waals surface area contributed by atoms with Crippen LogP contribution >= 0.6 is 23.2 Å². The molecule has 5 heteroatoms. The Hall–Kier alpha value is -1.58. The van der Waals surface area contributed by atoms with E-state index in [2.05, 4.69) is 0 Å². The first-order valence-corrected chi connectivity index (χ1v) is 5.80. The number of primary amides is 1. The molecule has 0 fully saturated rings. The molecule has 0 spiro atoms. The highest BCUT2D eigenvalue weighted by Crippen LogP contribution is 2.33. The molecule has 2 N–H and O–H groups in total. The molecule has 0 saturated heterocycles. The average molecular weight is 284 g/mol. The van der Waals surface area contributed by atoms with Gasteiger partial charge in [-0.05, 0) is 23.8 Å². The van der Waals surface area contributed by atoms with E-state index in [4.69, 9.17) is 28.9 Å². The van der Waals surface area contributed by atoms with Crippen LogP contribution in [0.1, 0.15) is 10.4 Å². The smallest absolute Gasteiger partial charge is 0.251 e. The van der Waals surface area contributed by atoms with Crippen LogP contribution in [-0.2, 0) is 0 Å². The average Bonchev–Trinajstić information content (AvgIpc) is 2.33. The van der Waals surface area contributed by atoms with Crippen LogP contribution in [0.5, 0.6) is 0 Å². The summed E-state index contributed by atoms with van der Waals surface area (Å²) in [4.78, 5) is 11.1. The molecule has 0 saturated carbocycles. The molecule has 0 aromatic heterocycles. The summed E-state index contributed by atoms with van der Waals surface area (Å²) in [5, 5.41) is 0.736. The van der Waals surface area contributed by atoms with E-state index < -0.39 is 11.7 Å². The summed E-state index contributed by atoms with van der Waals surface area (Å²) >= 11 is 12.0. The van der Waals surface area contributed by atoms with Crippen molar-refractivity contribution < 1.29 is 9.18 Å². The molecule has 0 heterocycles. The van der Waals surface area contributed by atoms with Gasteiger partial charge >= 0.3 is 0 Å². The predicted octanol–water partition coefficient (Wildman–Crippen LogP) is 3.90. The number of hydrogen-bond donors (Lipinski definition) is 1. The lowest BCUT2D eigenvalue weighted by atomic mass is 10.0. The number of nitrogens with two attached hydrogens (primary N) is 1. The van der Waals surface area contributed by atoms with Crippen molar-refractivity contribution in [3.05, 3.63) is 57.8 Å². The lowest BCUT2D eigenvalue weighted by Gasteiger charge is -2.07. The normalized spacial score (nSPS) is 10.4. The van der Waals surface area contributed by atoms with Crippen molar-refractivity contribution >= 4 is 29.1 Å². The lowest BCUT2D eigenvalue weighted by Crippen LogP contribution is -2.13. The molecule has 0 aliphatic heterocycles. The van der Waals surface area contributed by atoms with Crippen LogP contribution < -0.4 is 5.73 Å². The van der Waals surface area contributed by atoms with Gasteiger partial charge in [0.1, 0.15) is 5.82 Å². The van der Waals surface area contributed by atoms with Gasteiger partial charge < -0.3 is 5.73 Å². The number of carbonyl (C=O) groups excluding carboxylic acids is 1. The number of halogens is 3. The second-order valence-electron chi connectivity index (χ2n) is 3.66. The SMILES string of the molecule is NC(=O)c1cc(-c2cccc(Cl)c2Cl)ccc1F. The van der Waals surface area contributed by atoms with Gasteiger partial charge in [0.2, 0.25) is 0 Å². The van der Waals surface area contributed by atoms with Crippen LogP contribution in [0.3, 0.4) is 0 Å². The van der Waals surface area contributed by atoms with Gasteiger partial charge in [0.15, 0.2) is 0 Å². The van der Waals surface area contributed by atoms with E-state index >= 15 is 0 Å². The Morgan fingerprint density at radius 1 is 1.17 bits per heavy atom. The maximum atomic E-state index is 13.4. The summed E-state index contributed by atoms with van der Waals surface area (Å²) < 4.78 is 13.4. The summed E-state index contributed by atoms with van der Waals surface area (Å²) in [5.74, 6) is -1.49. The monoisotopic (exact) mass is 283 g/mol. The first kappa shape index (κ1) is 12.9. The number of amides is 1. The van der Waals surface area contributed by atoms with Gasteiger partial charge in [-0.2, -0.15) is 0 Å². The molecular weight excluding hydrogens is 276 g/mol. The predicted molar refractivity (Wildman–Crippen MR) is 70.4 cm³/mol. The van der Waals surface area contributed by atoms with Crippen molar-refractivity contribution in [3.8, 4) is 11.1 Å². The highest BCUT2D eigenvalue weighted by molar-refractivity contribution is 6.43. The Balaban J connectivity index is 2.62. The van der Waals surface area contributed by atoms with Crippen LogP contribution in [0, 0.1) is 5.82 Å². The zero-order valence-electron chi connectivity index (χ0n) is 9.08. The summed E-state index contributed by atoms with van der Waals surface area (Å²) in [5.41, 5.74) is 6.11. The lowest BCUT2D eigenvalue weighted by molar-refractivity contribution is 0.0996. The van der Waals surface area contributed by atoms with Crippen LogP contribution in [0.15, 0.2) is 36.4 Å². The molecule has 0 unspecified atom stereocenters. The molecular formula is C13H8Cl2FNO. The van der Waals surface area contributed by atoms with Crippen molar-refractivity contribution in [3.63, 3.8) is 0 Å². The Bertz CT molecular complexity index is 628. The Morgan fingerprint density at radius 2 is 1.89 bits per heavy atom. The number of carbonyl (C=O) groups is 1. The third-order valence-corrected chi connectivity index (χ3v) is 3.31. The van der Waals surface area contributed by atoms with Crippen LogP contribution in [0.2, 0.25) is 10.0 Å². The van der Waals surface area contributed by atoms with Crippen molar-refractivity contribution in [2.75, 3.05) is 0 Å². The molecule has 0 radical (unpaired) electrons. The molecule has 0 atom stereocenters. The van der Waals surface area contributed by atoms with Crippen molar-refractivity contribution in [2.24, 2.45) is 5.73 Å². The van der Waals surface area contributed by atoms with E-state index in [0.717, 1.165) is 0 Å². The molecule has 2 rings (SSSR count). The summed E-state index contributed by atoms with van der Waals surface area (Å²) in [6.07, 6.45) is 0. The van der Waals surface area contributed by atoms with E-state index in [1.165, 1.54) is 18.2 Å². The van der Waals surface area contributed by atoms with Crippen molar-refractivity contribution in [2.45, 2.75) is 0 Å². The molecule has 2 aromatic rings. The number of hydrogen-bond acceptors (Lipinski definition) is 1. The van der Waals surface area contributed by atoms with E-state index in [1.54, 1.807) is 18.2 Å². The molecule has 2 nitrogen and oxygen atoms in total. The molecule has 92 valence electrons. The minimum Gasteiger partial charge on any atom is -0.366 e. The van der Waals surface area contributed by atoms with Crippen LogP contribution in [0.4, 0.5) is 4.39 Å². The minimum absolute atomic E-state index is 0.177. The number of rotatable bonds is 2. The van der Waals surface area contributed by atoms with Crippen molar-refractivity contribution in [1.29, 1.82) is 0 Å². The molecule has 1 amide bonds. The summed E-state index contributed by atoms with van der Waals surface area (Å²) in [6.45, 7) is 0. The second kappa shape index (κ2) is 4.96. The maximum absolute atomic E-state index is 13.4. The standard InChI is InChI=1S/C13H8Cl2FNO/c14-10-3-1-2-8(12(10)15)7-4-5-11(16)9(6-7)13(17)18/h1-6H,(H2,17,18). The fourth-order valence-electron chi connectivity index (χ4n) is 1.61. The Morgan fingerprint density at radius 3 is 2.56 bits per heavy atom. The first-order chi connectivity index (χ1) is 8.50. The Kier molecular flexibility index (Phi) is 3.55. The topological polar surface area (TPSA) is 43.1 Å². The van der Waals surface area contributed by atoms with Gasteiger partial charge in [-0.3, -0.25) is 4.79 Å².